The molecule has 1 aliphatic carbocycles. The number of benzene rings is 2. The molecule has 2 N–H and O–H groups in total. The van der Waals surface area contributed by atoms with Gasteiger partial charge >= 0.3 is 5.97 Å². The number of carboxylic acid groups (broad SMARTS) is 1. The zero-order chi connectivity index (χ0) is 14.8. The van der Waals surface area contributed by atoms with Gasteiger partial charge in [0.15, 0.2) is 0 Å². The minimum atomic E-state index is -1.24. The number of halogens is 1. The second-order valence-corrected chi connectivity index (χ2v) is 5.37. The molecule has 0 aromatic heterocycles. The fraction of sp³-hybridized carbons (Fsp3) is 0.235. The Bertz CT molecular complexity index is 659. The summed E-state index contributed by atoms with van der Waals surface area (Å²) in [5.41, 5.74) is 3.20. The van der Waals surface area contributed by atoms with Gasteiger partial charge in [-0.15, -0.1) is 0 Å². The van der Waals surface area contributed by atoms with Gasteiger partial charge in [-0.25, -0.2) is 9.18 Å². The van der Waals surface area contributed by atoms with Crippen molar-refractivity contribution in [3.63, 3.8) is 0 Å². The van der Waals surface area contributed by atoms with E-state index in [1.165, 1.54) is 23.3 Å². The molecule has 2 aromatic carbocycles. The largest absolute Gasteiger partial charge is 0.478 e. The smallest absolute Gasteiger partial charge is 0.338 e. The molecule has 0 bridgehead atoms. The molecule has 0 spiro atoms. The fourth-order valence-electron chi connectivity index (χ4n) is 2.81. The number of rotatable bonds is 4. The predicted molar refractivity (Wildman–Crippen MR) is 77.8 cm³/mol. The first-order valence-electron chi connectivity index (χ1n) is 6.95. The van der Waals surface area contributed by atoms with Crippen LogP contribution in [0.2, 0.25) is 0 Å². The minimum Gasteiger partial charge on any atom is -0.478 e. The Balaban J connectivity index is 1.62. The highest BCUT2D eigenvalue weighted by molar-refractivity contribution is 5.87. The van der Waals surface area contributed by atoms with E-state index in [1.54, 1.807) is 6.07 Å². The van der Waals surface area contributed by atoms with Crippen LogP contribution in [0.3, 0.4) is 0 Å². The van der Waals surface area contributed by atoms with E-state index in [0.717, 1.165) is 18.4 Å². The van der Waals surface area contributed by atoms with Gasteiger partial charge in [0.1, 0.15) is 5.82 Å². The second-order valence-electron chi connectivity index (χ2n) is 5.37. The van der Waals surface area contributed by atoms with Crippen molar-refractivity contribution in [3.05, 3.63) is 70.5 Å². The zero-order valence-electron chi connectivity index (χ0n) is 11.5. The average molecular weight is 285 g/mol. The van der Waals surface area contributed by atoms with E-state index < -0.39 is 11.8 Å². The Morgan fingerprint density at radius 2 is 1.86 bits per heavy atom. The van der Waals surface area contributed by atoms with Crippen molar-refractivity contribution >= 4 is 5.97 Å². The van der Waals surface area contributed by atoms with Gasteiger partial charge in [0, 0.05) is 12.6 Å². The van der Waals surface area contributed by atoms with Gasteiger partial charge < -0.3 is 10.4 Å². The Kier molecular flexibility index (Phi) is 3.71. The van der Waals surface area contributed by atoms with E-state index in [0.29, 0.717) is 12.6 Å². The third-order valence-corrected chi connectivity index (χ3v) is 3.91. The summed E-state index contributed by atoms with van der Waals surface area (Å²) in [6.07, 6.45) is 1.96. The number of carboxylic acids is 1. The Morgan fingerprint density at radius 1 is 1.19 bits per heavy atom. The molecule has 108 valence electrons. The first-order chi connectivity index (χ1) is 10.1. The molecule has 3 rings (SSSR count). The summed E-state index contributed by atoms with van der Waals surface area (Å²) in [4.78, 5) is 10.8. The molecule has 4 heteroatoms. The van der Waals surface area contributed by atoms with Crippen LogP contribution in [0.1, 0.15) is 27.0 Å². The molecule has 0 saturated heterocycles. The summed E-state index contributed by atoms with van der Waals surface area (Å²) >= 11 is 0. The number of hydrogen-bond acceptors (Lipinski definition) is 2. The minimum absolute atomic E-state index is 0.285. The van der Waals surface area contributed by atoms with Gasteiger partial charge in [0.2, 0.25) is 0 Å². The second kappa shape index (κ2) is 5.66. The van der Waals surface area contributed by atoms with Gasteiger partial charge in [-0.3, -0.25) is 0 Å². The summed E-state index contributed by atoms with van der Waals surface area (Å²) in [6.45, 7) is 0.537. The summed E-state index contributed by atoms with van der Waals surface area (Å²) < 4.78 is 13.6. The number of carbonyl (C=O) groups is 1. The molecule has 0 amide bonds. The molecule has 2 aromatic rings. The molecule has 0 radical (unpaired) electrons. The van der Waals surface area contributed by atoms with Gasteiger partial charge in [-0.05, 0) is 41.7 Å². The van der Waals surface area contributed by atoms with Crippen molar-refractivity contribution in [2.75, 3.05) is 0 Å². The van der Waals surface area contributed by atoms with Crippen LogP contribution in [-0.4, -0.2) is 17.1 Å². The summed E-state index contributed by atoms with van der Waals surface area (Å²) in [6, 6.07) is 13.0. The maximum atomic E-state index is 13.6. The zero-order valence-corrected chi connectivity index (χ0v) is 11.5. The number of nitrogens with one attached hydrogen (secondary N) is 1. The van der Waals surface area contributed by atoms with Crippen molar-refractivity contribution < 1.29 is 14.3 Å². The molecule has 1 aliphatic rings. The highest BCUT2D eigenvalue weighted by Gasteiger charge is 2.20. The van der Waals surface area contributed by atoms with Crippen LogP contribution in [0.5, 0.6) is 0 Å². The Morgan fingerprint density at radius 3 is 2.43 bits per heavy atom. The molecule has 0 fully saturated rings. The summed E-state index contributed by atoms with van der Waals surface area (Å²) in [5.74, 6) is -1.92. The van der Waals surface area contributed by atoms with Crippen molar-refractivity contribution in [1.82, 2.24) is 5.32 Å². The van der Waals surface area contributed by atoms with E-state index in [9.17, 15) is 9.18 Å². The third kappa shape index (κ3) is 2.95. The highest BCUT2D eigenvalue weighted by atomic mass is 19.1. The maximum absolute atomic E-state index is 13.6. The van der Waals surface area contributed by atoms with Gasteiger partial charge in [-0.1, -0.05) is 30.3 Å². The van der Waals surface area contributed by atoms with Crippen LogP contribution in [0.15, 0.2) is 42.5 Å². The first-order valence-corrected chi connectivity index (χ1v) is 6.95. The number of aromatic carboxylic acids is 1. The molecule has 0 heterocycles. The van der Waals surface area contributed by atoms with Crippen molar-refractivity contribution in [3.8, 4) is 0 Å². The number of hydrogen-bond donors (Lipinski definition) is 2. The molecular formula is C17H16FNO2. The van der Waals surface area contributed by atoms with Crippen LogP contribution in [0, 0.1) is 5.82 Å². The monoisotopic (exact) mass is 285 g/mol. The lowest BCUT2D eigenvalue weighted by Gasteiger charge is -2.12. The summed E-state index contributed by atoms with van der Waals surface area (Å²) in [5, 5.41) is 12.2. The van der Waals surface area contributed by atoms with Crippen molar-refractivity contribution in [1.29, 1.82) is 0 Å². The molecular weight excluding hydrogens is 269 g/mol. The molecule has 21 heavy (non-hydrogen) atoms. The third-order valence-electron chi connectivity index (χ3n) is 3.91. The van der Waals surface area contributed by atoms with Crippen LogP contribution < -0.4 is 5.32 Å². The lowest BCUT2D eigenvalue weighted by Crippen LogP contribution is -2.29. The quantitative estimate of drug-likeness (QED) is 0.908. The lowest BCUT2D eigenvalue weighted by molar-refractivity contribution is 0.0692. The van der Waals surface area contributed by atoms with E-state index >= 15 is 0 Å². The van der Waals surface area contributed by atoms with Crippen LogP contribution in [0.4, 0.5) is 4.39 Å². The molecule has 3 nitrogen and oxygen atoms in total. The standard InChI is InChI=1S/C17H16FNO2/c18-16-7-11(5-6-15(16)17(20)21)10-19-14-8-12-3-1-2-4-13(12)9-14/h1-7,14,19H,8-10H2,(H,20,21). The van der Waals surface area contributed by atoms with E-state index in [4.69, 9.17) is 5.11 Å². The van der Waals surface area contributed by atoms with Crippen LogP contribution >= 0.6 is 0 Å². The average Bonchev–Trinajstić information content (AvgIpc) is 2.87. The molecule has 0 unspecified atom stereocenters. The Hall–Kier alpha value is -2.20. The first kappa shape index (κ1) is 13.8. The van der Waals surface area contributed by atoms with E-state index in [1.807, 2.05) is 12.1 Å². The molecule has 0 aliphatic heterocycles. The molecule has 0 atom stereocenters. The molecule has 0 saturated carbocycles. The van der Waals surface area contributed by atoms with Gasteiger partial charge in [0.25, 0.3) is 0 Å². The fourth-order valence-corrected chi connectivity index (χ4v) is 2.81. The van der Waals surface area contributed by atoms with E-state index in [2.05, 4.69) is 17.4 Å². The topological polar surface area (TPSA) is 49.3 Å². The van der Waals surface area contributed by atoms with E-state index in [-0.39, 0.29) is 5.56 Å². The van der Waals surface area contributed by atoms with Gasteiger partial charge in [0.05, 0.1) is 5.56 Å². The normalized spacial score (nSPS) is 14.1. The van der Waals surface area contributed by atoms with Crippen molar-refractivity contribution in [2.24, 2.45) is 0 Å². The lowest BCUT2D eigenvalue weighted by atomic mass is 10.1. The highest BCUT2D eigenvalue weighted by Crippen LogP contribution is 2.22. The van der Waals surface area contributed by atoms with Crippen LogP contribution in [-0.2, 0) is 19.4 Å². The maximum Gasteiger partial charge on any atom is 0.338 e. The number of fused-ring (bicyclic) bond motifs is 1. The van der Waals surface area contributed by atoms with Crippen LogP contribution in [0.25, 0.3) is 0 Å². The predicted octanol–water partition coefficient (Wildman–Crippen LogP) is 2.78. The Labute approximate surface area is 122 Å². The summed E-state index contributed by atoms with van der Waals surface area (Å²) in [7, 11) is 0. The van der Waals surface area contributed by atoms with Crippen molar-refractivity contribution in [2.45, 2.75) is 25.4 Å². The SMILES string of the molecule is O=C(O)c1ccc(CNC2Cc3ccccc3C2)cc1F. The van der Waals surface area contributed by atoms with Gasteiger partial charge in [-0.2, -0.15) is 0 Å².